The third-order valence-corrected chi connectivity index (χ3v) is 4.28. The maximum Gasteiger partial charge on any atom is 0.257 e. The lowest BCUT2D eigenvalue weighted by molar-refractivity contribution is 0.459. The Kier molecular flexibility index (Phi) is 4.99. The molecular weight excluding hydrogens is 340 g/mol. The minimum atomic E-state index is -0.237. The topological polar surface area (TPSA) is 88.9 Å². The normalized spacial score (nSPS) is 11.4. The van der Waals surface area contributed by atoms with Gasteiger partial charge in [0, 0.05) is 24.4 Å². The maximum atomic E-state index is 10.9. The van der Waals surface area contributed by atoms with Crippen LogP contribution in [0.15, 0.2) is 36.7 Å². The van der Waals surface area contributed by atoms with Gasteiger partial charge < -0.3 is 5.11 Å². The molecule has 2 aromatic heterocycles. The highest BCUT2D eigenvalue weighted by molar-refractivity contribution is 5.76. The molecule has 1 radical (unpaired) electrons. The van der Waals surface area contributed by atoms with Crippen LogP contribution < -0.4 is 0 Å². The van der Waals surface area contributed by atoms with Gasteiger partial charge in [0.25, 0.3) is 6.29 Å². The summed E-state index contributed by atoms with van der Waals surface area (Å²) in [5.74, 6) is 0.817. The summed E-state index contributed by atoms with van der Waals surface area (Å²) in [4.78, 5) is 27.9. The van der Waals surface area contributed by atoms with Gasteiger partial charge in [0.2, 0.25) is 0 Å². The van der Waals surface area contributed by atoms with E-state index in [1.165, 1.54) is 5.56 Å². The molecule has 0 aliphatic carbocycles. The van der Waals surface area contributed by atoms with E-state index in [0.717, 1.165) is 11.1 Å². The Morgan fingerprint density at radius 2 is 1.67 bits per heavy atom. The lowest BCUT2D eigenvalue weighted by Crippen LogP contribution is -2.10. The highest BCUT2D eigenvalue weighted by atomic mass is 16.3. The summed E-state index contributed by atoms with van der Waals surface area (Å²) < 4.78 is 0. The number of rotatable bonds is 4. The van der Waals surface area contributed by atoms with Crippen molar-refractivity contribution in [3.63, 3.8) is 0 Å². The fraction of sp³-hybridized carbons (Fsp3) is 0.286. The number of hydrogen-bond acceptors (Lipinski definition) is 6. The molecule has 0 saturated carbocycles. The lowest BCUT2D eigenvalue weighted by Gasteiger charge is -2.18. The summed E-state index contributed by atoms with van der Waals surface area (Å²) in [7, 11) is 0. The van der Waals surface area contributed by atoms with E-state index in [1.54, 1.807) is 25.6 Å². The molecule has 1 N–H and O–H groups in total. The Morgan fingerprint density at radius 3 is 2.22 bits per heavy atom. The first kappa shape index (κ1) is 18.6. The molecule has 2 heterocycles. The summed E-state index contributed by atoms with van der Waals surface area (Å²) in [6.45, 7) is 8.14. The number of aromatic hydroxyl groups is 1. The number of carbonyl (C=O) groups excluding carboxylic acids is 1. The standard InChI is InChI=1S/C21H21N4O2/c1-13-19(27)17(12-26)25-18(24-13)9-14-10-22-20(23-11-14)15-5-7-16(8-6-15)21(2,3)4/h5-8,10-11,27H,9H2,1-4H3. The zero-order chi connectivity index (χ0) is 19.6. The van der Waals surface area contributed by atoms with Crippen LogP contribution in [-0.4, -0.2) is 31.3 Å². The van der Waals surface area contributed by atoms with Crippen molar-refractivity contribution in [2.45, 2.75) is 39.5 Å². The van der Waals surface area contributed by atoms with Crippen LogP contribution in [0.1, 0.15) is 49.1 Å². The zero-order valence-corrected chi connectivity index (χ0v) is 15.8. The van der Waals surface area contributed by atoms with Crippen LogP contribution in [0.5, 0.6) is 5.75 Å². The van der Waals surface area contributed by atoms with Crippen LogP contribution in [-0.2, 0) is 16.6 Å². The molecule has 0 unspecified atom stereocenters. The molecule has 0 aliphatic heterocycles. The molecule has 0 bridgehead atoms. The molecule has 0 spiro atoms. The lowest BCUT2D eigenvalue weighted by atomic mass is 9.87. The van der Waals surface area contributed by atoms with Crippen LogP contribution in [0.4, 0.5) is 0 Å². The molecule has 0 atom stereocenters. The van der Waals surface area contributed by atoms with E-state index in [1.807, 2.05) is 12.1 Å². The quantitative estimate of drug-likeness (QED) is 0.767. The van der Waals surface area contributed by atoms with Crippen molar-refractivity contribution in [2.75, 3.05) is 0 Å². The summed E-state index contributed by atoms with van der Waals surface area (Å²) in [5.41, 5.74) is 3.33. The maximum absolute atomic E-state index is 10.9. The largest absolute Gasteiger partial charge is 0.504 e. The molecule has 0 amide bonds. The van der Waals surface area contributed by atoms with Gasteiger partial charge in [-0.05, 0) is 23.5 Å². The van der Waals surface area contributed by atoms with Crippen LogP contribution in [0.25, 0.3) is 11.4 Å². The molecule has 1 aromatic carbocycles. The molecule has 137 valence electrons. The van der Waals surface area contributed by atoms with E-state index in [0.29, 0.717) is 23.8 Å². The van der Waals surface area contributed by atoms with Crippen molar-refractivity contribution in [3.8, 4) is 17.1 Å². The first-order valence-corrected chi connectivity index (χ1v) is 8.64. The van der Waals surface area contributed by atoms with Crippen molar-refractivity contribution in [1.82, 2.24) is 19.9 Å². The van der Waals surface area contributed by atoms with Crippen molar-refractivity contribution >= 4 is 6.29 Å². The molecule has 0 fully saturated rings. The summed E-state index contributed by atoms with van der Waals surface area (Å²) in [5, 5.41) is 9.71. The highest BCUT2D eigenvalue weighted by Crippen LogP contribution is 2.25. The van der Waals surface area contributed by atoms with E-state index in [4.69, 9.17) is 0 Å². The number of benzene rings is 1. The minimum absolute atomic E-state index is 0.100. The molecule has 6 heteroatoms. The average molecular weight is 361 g/mol. The molecule has 0 saturated heterocycles. The zero-order valence-electron chi connectivity index (χ0n) is 15.8. The van der Waals surface area contributed by atoms with Crippen molar-refractivity contribution in [3.05, 3.63) is 65.0 Å². The van der Waals surface area contributed by atoms with Crippen LogP contribution in [0.2, 0.25) is 0 Å². The van der Waals surface area contributed by atoms with Crippen molar-refractivity contribution in [2.24, 2.45) is 0 Å². The van der Waals surface area contributed by atoms with Gasteiger partial charge in [-0.2, -0.15) is 0 Å². The van der Waals surface area contributed by atoms with E-state index in [2.05, 4.69) is 52.8 Å². The third-order valence-electron chi connectivity index (χ3n) is 4.28. The fourth-order valence-electron chi connectivity index (χ4n) is 2.67. The predicted molar refractivity (Wildman–Crippen MR) is 102 cm³/mol. The summed E-state index contributed by atoms with van der Waals surface area (Å²) in [6, 6.07) is 8.23. The van der Waals surface area contributed by atoms with Crippen molar-refractivity contribution in [1.29, 1.82) is 0 Å². The summed E-state index contributed by atoms with van der Waals surface area (Å²) >= 11 is 0. The molecular formula is C21H21N4O2. The fourth-order valence-corrected chi connectivity index (χ4v) is 2.67. The molecule has 6 nitrogen and oxygen atoms in total. The van der Waals surface area contributed by atoms with Crippen molar-refractivity contribution < 1.29 is 9.90 Å². The SMILES string of the molecule is Cc1nc(Cc2cnc(-c3ccc(C(C)(C)C)cc3)nc2)nc([C]=O)c1O. The van der Waals surface area contributed by atoms with Gasteiger partial charge in [0.1, 0.15) is 5.82 Å². The first-order chi connectivity index (χ1) is 12.8. The van der Waals surface area contributed by atoms with Gasteiger partial charge in [-0.3, -0.25) is 4.79 Å². The van der Waals surface area contributed by atoms with E-state index in [-0.39, 0.29) is 16.9 Å². The van der Waals surface area contributed by atoms with Gasteiger partial charge in [-0.25, -0.2) is 19.9 Å². The van der Waals surface area contributed by atoms with Gasteiger partial charge >= 0.3 is 0 Å². The third kappa shape index (κ3) is 4.16. The Hall–Kier alpha value is -3.15. The Balaban J connectivity index is 1.80. The molecule has 27 heavy (non-hydrogen) atoms. The second-order valence-corrected chi connectivity index (χ2v) is 7.44. The number of nitrogens with zero attached hydrogens (tertiary/aromatic N) is 4. The first-order valence-electron chi connectivity index (χ1n) is 8.64. The van der Waals surface area contributed by atoms with Crippen LogP contribution in [0, 0.1) is 6.92 Å². The average Bonchev–Trinajstić information content (AvgIpc) is 2.64. The van der Waals surface area contributed by atoms with E-state index in [9.17, 15) is 9.90 Å². The molecule has 0 aliphatic rings. The Labute approximate surface area is 158 Å². The number of aromatic nitrogens is 4. The minimum Gasteiger partial charge on any atom is -0.504 e. The van der Waals surface area contributed by atoms with Gasteiger partial charge in [0.05, 0.1) is 5.69 Å². The number of hydrogen-bond donors (Lipinski definition) is 1. The summed E-state index contributed by atoms with van der Waals surface area (Å²) in [6.07, 6.45) is 5.42. The van der Waals surface area contributed by atoms with Crippen LogP contribution in [0.3, 0.4) is 0 Å². The number of aryl methyl sites for hydroxylation is 1. The molecule has 3 rings (SSSR count). The van der Waals surface area contributed by atoms with Gasteiger partial charge in [0.15, 0.2) is 17.3 Å². The van der Waals surface area contributed by atoms with E-state index < -0.39 is 0 Å². The Morgan fingerprint density at radius 1 is 1.04 bits per heavy atom. The smallest absolute Gasteiger partial charge is 0.257 e. The Bertz CT molecular complexity index is 959. The van der Waals surface area contributed by atoms with E-state index >= 15 is 0 Å². The molecule has 3 aromatic rings. The van der Waals surface area contributed by atoms with Gasteiger partial charge in [-0.15, -0.1) is 0 Å². The van der Waals surface area contributed by atoms with Gasteiger partial charge in [-0.1, -0.05) is 45.0 Å². The predicted octanol–water partition coefficient (Wildman–Crippen LogP) is 3.29. The van der Waals surface area contributed by atoms with Crippen LogP contribution >= 0.6 is 0 Å². The monoisotopic (exact) mass is 361 g/mol. The second-order valence-electron chi connectivity index (χ2n) is 7.44. The highest BCUT2D eigenvalue weighted by Gasteiger charge is 2.14. The second kappa shape index (κ2) is 7.23.